The van der Waals surface area contributed by atoms with Gasteiger partial charge in [-0.05, 0) is 37.0 Å². The van der Waals surface area contributed by atoms with Gasteiger partial charge in [0.05, 0.1) is 0 Å². The van der Waals surface area contributed by atoms with E-state index in [1.165, 1.54) is 43.6 Å². The van der Waals surface area contributed by atoms with E-state index >= 15 is 0 Å². The number of carbonyl (C=O) groups excluding carboxylic acids is 1. The van der Waals surface area contributed by atoms with Gasteiger partial charge in [-0.3, -0.25) is 4.79 Å². The van der Waals surface area contributed by atoms with Crippen LogP contribution >= 0.6 is 0 Å². The molecule has 0 aliphatic carbocycles. The summed E-state index contributed by atoms with van der Waals surface area (Å²) >= 11 is 0. The third-order valence-electron chi connectivity index (χ3n) is 3.27. The molecule has 1 fully saturated rings. The summed E-state index contributed by atoms with van der Waals surface area (Å²) < 4.78 is 0. The molecule has 0 spiro atoms. The van der Waals surface area contributed by atoms with E-state index in [4.69, 9.17) is 0 Å². The molecule has 1 amide bonds. The summed E-state index contributed by atoms with van der Waals surface area (Å²) in [6.45, 7) is 3.03. The molecule has 0 atom stereocenters. The monoisotopic (exact) mass is 232 g/mol. The Labute approximate surface area is 103 Å². The highest BCUT2D eigenvalue weighted by molar-refractivity contribution is 5.49. The van der Waals surface area contributed by atoms with E-state index in [1.807, 2.05) is 0 Å². The van der Waals surface area contributed by atoms with Crippen LogP contribution in [0.5, 0.6) is 0 Å². The fourth-order valence-electron chi connectivity index (χ4n) is 2.29. The Hall–Kier alpha value is -1.51. The zero-order valence-corrected chi connectivity index (χ0v) is 10.4. The maximum absolute atomic E-state index is 10.5. The number of hydrogen-bond acceptors (Lipinski definition) is 2. The van der Waals surface area contributed by atoms with Gasteiger partial charge in [0.1, 0.15) is 0 Å². The van der Waals surface area contributed by atoms with Crippen molar-refractivity contribution in [3.8, 4) is 0 Å². The summed E-state index contributed by atoms with van der Waals surface area (Å²) in [7, 11) is 1.80. The molecule has 1 aliphatic heterocycles. The quantitative estimate of drug-likeness (QED) is 0.743. The molecular weight excluding hydrogens is 212 g/mol. The van der Waals surface area contributed by atoms with Gasteiger partial charge in [0.2, 0.25) is 6.41 Å². The van der Waals surface area contributed by atoms with Gasteiger partial charge in [-0.15, -0.1) is 0 Å². The summed E-state index contributed by atoms with van der Waals surface area (Å²) in [6, 6.07) is 8.56. The first-order valence-corrected chi connectivity index (χ1v) is 6.29. The topological polar surface area (TPSA) is 23.6 Å². The van der Waals surface area contributed by atoms with E-state index in [9.17, 15) is 4.79 Å². The number of amides is 1. The first-order chi connectivity index (χ1) is 8.29. The van der Waals surface area contributed by atoms with Crippen LogP contribution in [0.2, 0.25) is 0 Å². The van der Waals surface area contributed by atoms with Gasteiger partial charge in [0.25, 0.3) is 0 Å². The maximum Gasteiger partial charge on any atom is 0.209 e. The number of rotatable bonds is 4. The standard InChI is InChI=1S/C14H20N2O/c1-15(12-17)11-13-5-7-14(8-6-13)16-9-3-2-4-10-16/h5-8,12H,2-4,9-11H2,1H3. The van der Waals surface area contributed by atoms with Crippen LogP contribution in [-0.4, -0.2) is 31.4 Å². The summed E-state index contributed by atoms with van der Waals surface area (Å²) in [5.74, 6) is 0. The number of benzene rings is 1. The van der Waals surface area contributed by atoms with E-state index in [2.05, 4.69) is 29.2 Å². The summed E-state index contributed by atoms with van der Waals surface area (Å²) in [6.07, 6.45) is 4.82. The van der Waals surface area contributed by atoms with Crippen molar-refractivity contribution in [3.05, 3.63) is 29.8 Å². The minimum absolute atomic E-state index is 0.684. The molecule has 3 nitrogen and oxygen atoms in total. The first-order valence-electron chi connectivity index (χ1n) is 6.29. The van der Waals surface area contributed by atoms with Crippen molar-refractivity contribution >= 4 is 12.1 Å². The van der Waals surface area contributed by atoms with E-state index in [0.29, 0.717) is 6.54 Å². The van der Waals surface area contributed by atoms with Gasteiger partial charge in [-0.25, -0.2) is 0 Å². The van der Waals surface area contributed by atoms with Crippen molar-refractivity contribution in [2.24, 2.45) is 0 Å². The lowest BCUT2D eigenvalue weighted by atomic mass is 10.1. The third kappa shape index (κ3) is 3.22. The zero-order chi connectivity index (χ0) is 12.1. The van der Waals surface area contributed by atoms with Gasteiger partial charge in [0.15, 0.2) is 0 Å². The first kappa shape index (κ1) is 12.0. The zero-order valence-electron chi connectivity index (χ0n) is 10.4. The molecule has 0 aromatic heterocycles. The summed E-state index contributed by atoms with van der Waals surface area (Å²) in [4.78, 5) is 14.6. The molecular formula is C14H20N2O. The second kappa shape index (κ2) is 5.71. The normalized spacial score (nSPS) is 15.7. The van der Waals surface area contributed by atoms with Crippen molar-refractivity contribution < 1.29 is 4.79 Å². The molecule has 1 aliphatic rings. The molecule has 92 valence electrons. The predicted molar refractivity (Wildman–Crippen MR) is 70.0 cm³/mol. The molecule has 0 saturated carbocycles. The minimum Gasteiger partial charge on any atom is -0.372 e. The molecule has 1 aromatic carbocycles. The molecule has 17 heavy (non-hydrogen) atoms. The lowest BCUT2D eigenvalue weighted by Crippen LogP contribution is -2.29. The van der Waals surface area contributed by atoms with Crippen LogP contribution in [0, 0.1) is 0 Å². The Kier molecular flexibility index (Phi) is 4.02. The van der Waals surface area contributed by atoms with Gasteiger partial charge in [-0.1, -0.05) is 12.1 Å². The fraction of sp³-hybridized carbons (Fsp3) is 0.500. The van der Waals surface area contributed by atoms with E-state index in [-0.39, 0.29) is 0 Å². The lowest BCUT2D eigenvalue weighted by Gasteiger charge is -2.29. The maximum atomic E-state index is 10.5. The largest absolute Gasteiger partial charge is 0.372 e. The van der Waals surface area contributed by atoms with Crippen LogP contribution < -0.4 is 4.90 Å². The molecule has 0 unspecified atom stereocenters. The SMILES string of the molecule is CN(C=O)Cc1ccc(N2CCCCC2)cc1. The van der Waals surface area contributed by atoms with Gasteiger partial charge >= 0.3 is 0 Å². The van der Waals surface area contributed by atoms with Crippen molar-refractivity contribution in [3.63, 3.8) is 0 Å². The molecule has 3 heteroatoms. The number of anilines is 1. The van der Waals surface area contributed by atoms with Crippen LogP contribution in [0.25, 0.3) is 0 Å². The van der Waals surface area contributed by atoms with Crippen LogP contribution in [0.1, 0.15) is 24.8 Å². The molecule has 1 heterocycles. The number of hydrogen-bond donors (Lipinski definition) is 0. The van der Waals surface area contributed by atoms with E-state index < -0.39 is 0 Å². The van der Waals surface area contributed by atoms with Gasteiger partial charge in [-0.2, -0.15) is 0 Å². The average Bonchev–Trinajstić information content (AvgIpc) is 2.40. The summed E-state index contributed by atoms with van der Waals surface area (Å²) in [5.41, 5.74) is 2.49. The summed E-state index contributed by atoms with van der Waals surface area (Å²) in [5, 5.41) is 0. The minimum atomic E-state index is 0.684. The van der Waals surface area contributed by atoms with Crippen LogP contribution in [0.4, 0.5) is 5.69 Å². The Balaban J connectivity index is 1.99. The Morgan fingerprint density at radius 1 is 1.18 bits per heavy atom. The molecule has 0 N–H and O–H groups in total. The van der Waals surface area contributed by atoms with Gasteiger partial charge in [0, 0.05) is 32.4 Å². The van der Waals surface area contributed by atoms with Crippen molar-refractivity contribution in [2.75, 3.05) is 25.0 Å². The van der Waals surface area contributed by atoms with Gasteiger partial charge < -0.3 is 9.80 Å². The smallest absolute Gasteiger partial charge is 0.209 e. The average molecular weight is 232 g/mol. The van der Waals surface area contributed by atoms with E-state index in [1.54, 1.807) is 11.9 Å². The number of piperidine rings is 1. The van der Waals surface area contributed by atoms with E-state index in [0.717, 1.165) is 6.41 Å². The Morgan fingerprint density at radius 3 is 2.41 bits per heavy atom. The number of nitrogens with zero attached hydrogens (tertiary/aromatic N) is 2. The van der Waals surface area contributed by atoms with Crippen molar-refractivity contribution in [1.82, 2.24) is 4.90 Å². The predicted octanol–water partition coefficient (Wildman–Crippen LogP) is 2.27. The van der Waals surface area contributed by atoms with Crippen molar-refractivity contribution in [2.45, 2.75) is 25.8 Å². The molecule has 1 saturated heterocycles. The molecule has 0 bridgehead atoms. The van der Waals surface area contributed by atoms with Crippen LogP contribution in [0.15, 0.2) is 24.3 Å². The molecule has 0 radical (unpaired) electrons. The molecule has 1 aromatic rings. The highest BCUT2D eigenvalue weighted by Gasteiger charge is 2.10. The third-order valence-corrected chi connectivity index (χ3v) is 3.27. The van der Waals surface area contributed by atoms with Crippen LogP contribution in [-0.2, 0) is 11.3 Å². The van der Waals surface area contributed by atoms with Crippen molar-refractivity contribution in [1.29, 1.82) is 0 Å². The highest BCUT2D eigenvalue weighted by atomic mass is 16.1. The fourth-order valence-corrected chi connectivity index (χ4v) is 2.29. The molecule has 2 rings (SSSR count). The van der Waals surface area contributed by atoms with Crippen LogP contribution in [0.3, 0.4) is 0 Å². The second-order valence-electron chi connectivity index (χ2n) is 4.73. The second-order valence-corrected chi connectivity index (χ2v) is 4.73. The Morgan fingerprint density at radius 2 is 1.82 bits per heavy atom. The Bertz CT molecular complexity index is 355. The lowest BCUT2D eigenvalue weighted by molar-refractivity contribution is -0.117. The highest BCUT2D eigenvalue weighted by Crippen LogP contribution is 2.20. The number of carbonyl (C=O) groups is 1.